The van der Waals surface area contributed by atoms with Gasteiger partial charge < -0.3 is 9.72 Å². The third-order valence-electron chi connectivity index (χ3n) is 3.77. The second kappa shape index (κ2) is 4.22. The fourth-order valence-corrected chi connectivity index (χ4v) is 2.72. The Morgan fingerprint density at radius 3 is 2.81 bits per heavy atom. The fourth-order valence-electron chi connectivity index (χ4n) is 2.72. The molecule has 4 heteroatoms. The Morgan fingerprint density at radius 2 is 2.00 bits per heavy atom. The molecule has 0 amide bonds. The number of methoxy groups -OCH3 is 1. The van der Waals surface area contributed by atoms with Gasteiger partial charge in [-0.3, -0.25) is 4.98 Å². The minimum Gasteiger partial charge on any atom is -0.497 e. The van der Waals surface area contributed by atoms with Gasteiger partial charge in [0.2, 0.25) is 0 Å². The van der Waals surface area contributed by atoms with E-state index >= 15 is 0 Å². The quantitative estimate of drug-likeness (QED) is 0.574. The van der Waals surface area contributed by atoms with E-state index in [0.717, 1.165) is 38.5 Å². The van der Waals surface area contributed by atoms with Crippen LogP contribution in [-0.4, -0.2) is 17.1 Å². The maximum Gasteiger partial charge on any atom is 0.119 e. The zero-order valence-electron chi connectivity index (χ0n) is 11.3. The maximum absolute atomic E-state index is 9.02. The molecule has 2 aromatic heterocycles. The Hall–Kier alpha value is -3.06. The third-order valence-corrected chi connectivity index (χ3v) is 3.77. The number of fused-ring (bicyclic) bond motifs is 5. The van der Waals surface area contributed by atoms with Gasteiger partial charge in [0.05, 0.1) is 29.8 Å². The van der Waals surface area contributed by atoms with Crippen LogP contribution in [0, 0.1) is 11.3 Å². The van der Waals surface area contributed by atoms with Crippen LogP contribution in [0.2, 0.25) is 0 Å². The highest BCUT2D eigenvalue weighted by atomic mass is 16.5. The first-order valence-electron chi connectivity index (χ1n) is 6.58. The average Bonchev–Trinajstić information content (AvgIpc) is 2.92. The van der Waals surface area contributed by atoms with E-state index in [1.54, 1.807) is 7.11 Å². The molecule has 0 aliphatic heterocycles. The van der Waals surface area contributed by atoms with E-state index in [0.29, 0.717) is 5.56 Å². The summed E-state index contributed by atoms with van der Waals surface area (Å²) >= 11 is 0. The number of hydrogen-bond acceptors (Lipinski definition) is 3. The summed E-state index contributed by atoms with van der Waals surface area (Å²) in [6.07, 6.45) is 1.87. The third kappa shape index (κ3) is 1.65. The molecule has 0 unspecified atom stereocenters. The molecule has 4 nitrogen and oxygen atoms in total. The Balaban J connectivity index is 2.17. The van der Waals surface area contributed by atoms with Crippen LogP contribution >= 0.6 is 0 Å². The van der Waals surface area contributed by atoms with Crippen molar-refractivity contribution >= 4 is 32.7 Å². The van der Waals surface area contributed by atoms with E-state index < -0.39 is 0 Å². The standard InChI is InChI=1S/C17H11N3O/c1-21-11-3-5-15-13(7-11)17-14(9-19-15)12-4-2-10(8-18)6-16(12)20-17/h2-7,9,20H,1H3. The summed E-state index contributed by atoms with van der Waals surface area (Å²) in [6, 6.07) is 13.6. The molecule has 0 spiro atoms. The Morgan fingerprint density at radius 1 is 1.10 bits per heavy atom. The van der Waals surface area contributed by atoms with Gasteiger partial charge in [-0.05, 0) is 30.3 Å². The van der Waals surface area contributed by atoms with Crippen molar-refractivity contribution in [2.24, 2.45) is 0 Å². The van der Waals surface area contributed by atoms with Crippen molar-refractivity contribution in [1.29, 1.82) is 5.26 Å². The number of H-pyrrole nitrogens is 1. The highest BCUT2D eigenvalue weighted by Crippen LogP contribution is 2.31. The van der Waals surface area contributed by atoms with Crippen molar-refractivity contribution in [3.63, 3.8) is 0 Å². The van der Waals surface area contributed by atoms with Gasteiger partial charge in [0.1, 0.15) is 5.75 Å². The van der Waals surface area contributed by atoms with Crippen molar-refractivity contribution in [1.82, 2.24) is 9.97 Å². The number of nitrogens with one attached hydrogen (secondary N) is 1. The number of aromatic nitrogens is 2. The molecule has 4 rings (SSSR count). The lowest BCUT2D eigenvalue weighted by molar-refractivity contribution is 0.415. The SMILES string of the molecule is COc1ccc2ncc3c4ccc(C#N)cc4[nH]c3c2c1. The molecule has 2 aromatic carbocycles. The molecule has 21 heavy (non-hydrogen) atoms. The molecule has 0 atom stereocenters. The number of benzene rings is 2. The molecular weight excluding hydrogens is 262 g/mol. The van der Waals surface area contributed by atoms with Gasteiger partial charge in [-0.1, -0.05) is 6.07 Å². The van der Waals surface area contributed by atoms with Crippen LogP contribution in [0.4, 0.5) is 0 Å². The molecule has 100 valence electrons. The lowest BCUT2D eigenvalue weighted by Gasteiger charge is -2.02. The van der Waals surface area contributed by atoms with E-state index in [1.807, 2.05) is 42.6 Å². The summed E-state index contributed by atoms with van der Waals surface area (Å²) in [6.45, 7) is 0. The van der Waals surface area contributed by atoms with Gasteiger partial charge in [0.25, 0.3) is 0 Å². The van der Waals surface area contributed by atoms with Gasteiger partial charge in [0.15, 0.2) is 0 Å². The van der Waals surface area contributed by atoms with Gasteiger partial charge in [0, 0.05) is 27.9 Å². The zero-order chi connectivity index (χ0) is 14.4. The van der Waals surface area contributed by atoms with E-state index in [9.17, 15) is 0 Å². The van der Waals surface area contributed by atoms with E-state index in [1.165, 1.54) is 0 Å². The highest BCUT2D eigenvalue weighted by molar-refractivity contribution is 6.16. The van der Waals surface area contributed by atoms with Gasteiger partial charge >= 0.3 is 0 Å². The molecule has 0 saturated heterocycles. The van der Waals surface area contributed by atoms with Gasteiger partial charge in [-0.25, -0.2) is 0 Å². The van der Waals surface area contributed by atoms with Crippen molar-refractivity contribution < 1.29 is 4.74 Å². The van der Waals surface area contributed by atoms with E-state index in [-0.39, 0.29) is 0 Å². The summed E-state index contributed by atoms with van der Waals surface area (Å²) < 4.78 is 5.30. The number of aromatic amines is 1. The number of ether oxygens (including phenoxy) is 1. The van der Waals surface area contributed by atoms with Crippen molar-refractivity contribution in [2.45, 2.75) is 0 Å². The normalized spacial score (nSPS) is 11.0. The number of nitrogens with zero attached hydrogens (tertiary/aromatic N) is 2. The molecule has 2 heterocycles. The second-order valence-electron chi connectivity index (χ2n) is 4.93. The Bertz CT molecular complexity index is 1040. The second-order valence-corrected chi connectivity index (χ2v) is 4.93. The molecule has 0 saturated carbocycles. The Kier molecular flexibility index (Phi) is 2.36. The molecule has 0 aliphatic carbocycles. The summed E-state index contributed by atoms with van der Waals surface area (Å²) in [5.41, 5.74) is 3.52. The lowest BCUT2D eigenvalue weighted by atomic mass is 10.1. The lowest BCUT2D eigenvalue weighted by Crippen LogP contribution is -1.85. The molecule has 0 bridgehead atoms. The molecule has 0 fully saturated rings. The predicted octanol–water partition coefficient (Wildman–Crippen LogP) is 3.75. The molecule has 0 radical (unpaired) electrons. The summed E-state index contributed by atoms with van der Waals surface area (Å²) in [5, 5.41) is 12.2. The monoisotopic (exact) mass is 273 g/mol. The number of hydrogen-bond donors (Lipinski definition) is 1. The van der Waals surface area contributed by atoms with E-state index in [2.05, 4.69) is 16.0 Å². The van der Waals surface area contributed by atoms with Crippen molar-refractivity contribution in [3.8, 4) is 11.8 Å². The maximum atomic E-state index is 9.02. The minimum absolute atomic E-state index is 0.643. The number of rotatable bonds is 1. The fraction of sp³-hybridized carbons (Fsp3) is 0.0588. The first kappa shape index (κ1) is 11.7. The average molecular weight is 273 g/mol. The molecule has 0 aliphatic rings. The first-order chi connectivity index (χ1) is 10.3. The zero-order valence-corrected chi connectivity index (χ0v) is 11.3. The largest absolute Gasteiger partial charge is 0.497 e. The smallest absolute Gasteiger partial charge is 0.119 e. The van der Waals surface area contributed by atoms with Crippen molar-refractivity contribution in [2.75, 3.05) is 7.11 Å². The van der Waals surface area contributed by atoms with Crippen LogP contribution in [0.25, 0.3) is 32.7 Å². The molecular formula is C17H11N3O. The predicted molar refractivity (Wildman–Crippen MR) is 82.4 cm³/mol. The van der Waals surface area contributed by atoms with Gasteiger partial charge in [-0.2, -0.15) is 5.26 Å². The molecule has 1 N–H and O–H groups in total. The van der Waals surface area contributed by atoms with Crippen LogP contribution in [0.1, 0.15) is 5.56 Å². The van der Waals surface area contributed by atoms with Crippen LogP contribution in [0.3, 0.4) is 0 Å². The van der Waals surface area contributed by atoms with Crippen molar-refractivity contribution in [3.05, 3.63) is 48.2 Å². The number of pyridine rings is 1. The topological polar surface area (TPSA) is 61.7 Å². The minimum atomic E-state index is 0.643. The number of nitriles is 1. The van der Waals surface area contributed by atoms with Gasteiger partial charge in [-0.15, -0.1) is 0 Å². The summed E-state index contributed by atoms with van der Waals surface area (Å²) in [7, 11) is 1.65. The first-order valence-corrected chi connectivity index (χ1v) is 6.58. The Labute approximate surface area is 120 Å². The van der Waals surface area contributed by atoms with Crippen LogP contribution in [0.15, 0.2) is 42.6 Å². The summed E-state index contributed by atoms with van der Waals surface area (Å²) in [5.74, 6) is 0.799. The van der Waals surface area contributed by atoms with Crippen LogP contribution < -0.4 is 4.74 Å². The van der Waals surface area contributed by atoms with Crippen LogP contribution in [-0.2, 0) is 0 Å². The highest BCUT2D eigenvalue weighted by Gasteiger charge is 2.09. The van der Waals surface area contributed by atoms with Crippen LogP contribution in [0.5, 0.6) is 5.75 Å². The molecule has 4 aromatic rings. The van der Waals surface area contributed by atoms with E-state index in [4.69, 9.17) is 10.00 Å². The summed E-state index contributed by atoms with van der Waals surface area (Å²) in [4.78, 5) is 7.91.